The molecular formula is C13H14BrFN2S2. The number of aromatic nitrogens is 2. The van der Waals surface area contributed by atoms with E-state index in [1.54, 1.807) is 12.1 Å². The summed E-state index contributed by atoms with van der Waals surface area (Å²) in [6, 6.07) is 3.31. The lowest BCUT2D eigenvalue weighted by molar-refractivity contribution is 0.585. The summed E-state index contributed by atoms with van der Waals surface area (Å²) in [6.45, 7) is 0.866. The van der Waals surface area contributed by atoms with Crippen molar-refractivity contribution in [3.05, 3.63) is 27.2 Å². The van der Waals surface area contributed by atoms with Gasteiger partial charge in [-0.05, 0) is 52.8 Å². The Bertz CT molecular complexity index is 658. The highest BCUT2D eigenvalue weighted by Crippen LogP contribution is 2.29. The summed E-state index contributed by atoms with van der Waals surface area (Å²) in [5.41, 5.74) is 1.75. The topological polar surface area (TPSA) is 20.7 Å². The third kappa shape index (κ3) is 2.76. The van der Waals surface area contributed by atoms with E-state index in [4.69, 9.17) is 12.2 Å². The predicted octanol–water partition coefficient (Wildman–Crippen LogP) is 4.89. The fraction of sp³-hybridized carbons (Fsp3) is 0.462. The van der Waals surface area contributed by atoms with Crippen LogP contribution in [0.15, 0.2) is 16.6 Å². The van der Waals surface area contributed by atoms with Crippen LogP contribution in [0, 0.1) is 10.6 Å². The van der Waals surface area contributed by atoms with Gasteiger partial charge in [-0.1, -0.05) is 6.42 Å². The molecule has 0 aliphatic carbocycles. The van der Waals surface area contributed by atoms with Gasteiger partial charge in [0, 0.05) is 17.9 Å². The number of aromatic amines is 1. The molecule has 6 heteroatoms. The zero-order chi connectivity index (χ0) is 13.4. The van der Waals surface area contributed by atoms with E-state index in [-0.39, 0.29) is 5.82 Å². The fourth-order valence-electron chi connectivity index (χ4n) is 2.49. The molecule has 1 fully saturated rings. The quantitative estimate of drug-likeness (QED) is 0.769. The molecule has 1 aromatic heterocycles. The second-order valence-corrected chi connectivity index (χ2v) is 7.46. The normalized spacial score (nSPS) is 20.0. The molecular weight excluding hydrogens is 347 g/mol. The zero-order valence-corrected chi connectivity index (χ0v) is 13.5. The Morgan fingerprint density at radius 1 is 1.47 bits per heavy atom. The Balaban J connectivity index is 2.00. The standard InChI is InChI=1S/C13H14BrFN2S2/c14-9-5-11-12(6-10(9)15)17(13(18)16-11)7-8-3-1-2-4-19-8/h5-6,8H,1-4,7H2,(H,16,18). The fourth-order valence-corrected chi connectivity index (χ4v) is 4.41. The van der Waals surface area contributed by atoms with Gasteiger partial charge < -0.3 is 9.55 Å². The van der Waals surface area contributed by atoms with E-state index in [2.05, 4.69) is 20.9 Å². The van der Waals surface area contributed by atoms with Gasteiger partial charge in [-0.25, -0.2) is 4.39 Å². The molecule has 0 radical (unpaired) electrons. The van der Waals surface area contributed by atoms with Crippen LogP contribution in [0.4, 0.5) is 4.39 Å². The van der Waals surface area contributed by atoms with Crippen molar-refractivity contribution in [3.8, 4) is 0 Å². The molecule has 2 nitrogen and oxygen atoms in total. The number of imidazole rings is 1. The minimum atomic E-state index is -0.244. The lowest BCUT2D eigenvalue weighted by Gasteiger charge is -2.21. The van der Waals surface area contributed by atoms with Crippen LogP contribution in [0.3, 0.4) is 0 Å². The third-order valence-electron chi connectivity index (χ3n) is 3.48. The van der Waals surface area contributed by atoms with Crippen LogP contribution in [0.1, 0.15) is 19.3 Å². The Morgan fingerprint density at radius 3 is 3.05 bits per heavy atom. The van der Waals surface area contributed by atoms with Crippen molar-refractivity contribution in [1.82, 2.24) is 9.55 Å². The van der Waals surface area contributed by atoms with E-state index >= 15 is 0 Å². The van der Waals surface area contributed by atoms with Gasteiger partial charge >= 0.3 is 0 Å². The molecule has 3 rings (SSSR count). The number of benzene rings is 1. The number of fused-ring (bicyclic) bond motifs is 1. The summed E-state index contributed by atoms with van der Waals surface area (Å²) in [5.74, 6) is 0.979. The van der Waals surface area contributed by atoms with Crippen LogP contribution >= 0.6 is 39.9 Å². The molecule has 1 saturated heterocycles. The SMILES string of the molecule is Fc1cc2c(cc1Br)[nH]c(=S)n2CC1CCCCS1. The number of hydrogen-bond donors (Lipinski definition) is 1. The second kappa shape index (κ2) is 5.58. The average Bonchev–Trinajstić information content (AvgIpc) is 2.68. The molecule has 0 bridgehead atoms. The lowest BCUT2D eigenvalue weighted by Crippen LogP contribution is -2.17. The molecule has 2 heterocycles. The van der Waals surface area contributed by atoms with Crippen LogP contribution in [0.2, 0.25) is 0 Å². The molecule has 0 saturated carbocycles. The third-order valence-corrected chi connectivity index (χ3v) is 5.79. The van der Waals surface area contributed by atoms with E-state index in [0.29, 0.717) is 14.5 Å². The molecule has 0 spiro atoms. The number of nitrogens with one attached hydrogen (secondary N) is 1. The minimum absolute atomic E-state index is 0.244. The molecule has 1 aliphatic rings. The predicted molar refractivity (Wildman–Crippen MR) is 84.9 cm³/mol. The average molecular weight is 361 g/mol. The highest BCUT2D eigenvalue weighted by molar-refractivity contribution is 9.10. The number of hydrogen-bond acceptors (Lipinski definition) is 2. The molecule has 19 heavy (non-hydrogen) atoms. The van der Waals surface area contributed by atoms with E-state index in [0.717, 1.165) is 17.6 Å². The van der Waals surface area contributed by atoms with Gasteiger partial charge in [0.25, 0.3) is 0 Å². The van der Waals surface area contributed by atoms with Gasteiger partial charge in [0.2, 0.25) is 0 Å². The monoisotopic (exact) mass is 360 g/mol. The van der Waals surface area contributed by atoms with Gasteiger partial charge in [0.05, 0.1) is 15.5 Å². The summed E-state index contributed by atoms with van der Waals surface area (Å²) in [6.07, 6.45) is 3.81. The van der Waals surface area contributed by atoms with Crippen molar-refractivity contribution >= 4 is 50.9 Å². The highest BCUT2D eigenvalue weighted by Gasteiger charge is 2.17. The first-order valence-electron chi connectivity index (χ1n) is 6.34. The smallest absolute Gasteiger partial charge is 0.178 e. The summed E-state index contributed by atoms with van der Waals surface area (Å²) in [4.78, 5) is 3.16. The maximum absolute atomic E-state index is 13.7. The van der Waals surface area contributed by atoms with Gasteiger partial charge in [-0.3, -0.25) is 0 Å². The number of rotatable bonds is 2. The molecule has 1 aromatic carbocycles. The maximum atomic E-state index is 13.7. The molecule has 0 amide bonds. The van der Waals surface area contributed by atoms with Crippen LogP contribution in [0.25, 0.3) is 11.0 Å². The molecule has 1 aliphatic heterocycles. The van der Waals surface area contributed by atoms with E-state index in [1.807, 2.05) is 16.3 Å². The molecule has 1 atom stereocenters. The van der Waals surface area contributed by atoms with E-state index < -0.39 is 0 Å². The Kier molecular flexibility index (Phi) is 4.01. The van der Waals surface area contributed by atoms with Gasteiger partial charge in [0.1, 0.15) is 5.82 Å². The van der Waals surface area contributed by atoms with E-state index in [1.165, 1.54) is 25.0 Å². The van der Waals surface area contributed by atoms with Crippen LogP contribution in [-0.2, 0) is 6.54 Å². The Hall–Kier alpha value is -0.330. The summed E-state index contributed by atoms with van der Waals surface area (Å²) >= 11 is 10.6. The number of halogens is 2. The number of thioether (sulfide) groups is 1. The van der Waals surface area contributed by atoms with Gasteiger partial charge in [-0.15, -0.1) is 0 Å². The first kappa shape index (κ1) is 13.6. The lowest BCUT2D eigenvalue weighted by atomic mass is 10.2. The summed E-state index contributed by atoms with van der Waals surface area (Å²) in [7, 11) is 0. The summed E-state index contributed by atoms with van der Waals surface area (Å²) < 4.78 is 16.9. The first-order valence-corrected chi connectivity index (χ1v) is 8.59. The first-order chi connectivity index (χ1) is 9.15. The molecule has 2 aromatic rings. The van der Waals surface area contributed by atoms with Crippen molar-refractivity contribution in [2.24, 2.45) is 0 Å². The van der Waals surface area contributed by atoms with Crippen molar-refractivity contribution in [1.29, 1.82) is 0 Å². The maximum Gasteiger partial charge on any atom is 0.178 e. The molecule has 1 unspecified atom stereocenters. The van der Waals surface area contributed by atoms with E-state index in [9.17, 15) is 4.39 Å². The Morgan fingerprint density at radius 2 is 2.32 bits per heavy atom. The number of H-pyrrole nitrogens is 1. The van der Waals surface area contributed by atoms with Crippen LogP contribution in [0.5, 0.6) is 0 Å². The van der Waals surface area contributed by atoms with Crippen molar-refractivity contribution in [3.63, 3.8) is 0 Å². The van der Waals surface area contributed by atoms with Gasteiger partial charge in [0.15, 0.2) is 4.77 Å². The van der Waals surface area contributed by atoms with Gasteiger partial charge in [-0.2, -0.15) is 11.8 Å². The van der Waals surface area contributed by atoms with Crippen LogP contribution in [-0.4, -0.2) is 20.6 Å². The molecule has 1 N–H and O–H groups in total. The zero-order valence-electron chi connectivity index (χ0n) is 10.3. The minimum Gasteiger partial charge on any atom is -0.331 e. The Labute approximate surface area is 128 Å². The largest absolute Gasteiger partial charge is 0.331 e. The summed E-state index contributed by atoms with van der Waals surface area (Å²) in [5, 5.41) is 0.589. The van der Waals surface area contributed by atoms with Crippen LogP contribution < -0.4 is 0 Å². The van der Waals surface area contributed by atoms with Crippen molar-refractivity contribution in [2.75, 3.05) is 5.75 Å². The number of nitrogens with zero attached hydrogens (tertiary/aromatic N) is 1. The highest BCUT2D eigenvalue weighted by atomic mass is 79.9. The van der Waals surface area contributed by atoms with Crippen molar-refractivity contribution < 1.29 is 4.39 Å². The molecule has 102 valence electrons. The van der Waals surface area contributed by atoms with Crippen molar-refractivity contribution in [2.45, 2.75) is 31.1 Å². The second-order valence-electron chi connectivity index (χ2n) is 4.81.